The highest BCUT2D eigenvalue weighted by Gasteiger charge is 2.02. The summed E-state index contributed by atoms with van der Waals surface area (Å²) in [4.78, 5) is 11.8. The van der Waals surface area contributed by atoms with E-state index in [9.17, 15) is 0 Å². The number of aromatic nitrogens is 1. The Balaban J connectivity index is 1.73. The predicted molar refractivity (Wildman–Crippen MR) is 109 cm³/mol. The lowest BCUT2D eigenvalue weighted by molar-refractivity contribution is 0.830. The number of anilines is 1. The van der Waals surface area contributed by atoms with Crippen LogP contribution in [0.3, 0.4) is 0 Å². The zero-order valence-corrected chi connectivity index (χ0v) is 16.4. The van der Waals surface area contributed by atoms with Crippen molar-refractivity contribution in [1.29, 1.82) is 0 Å². The van der Waals surface area contributed by atoms with Crippen molar-refractivity contribution >= 4 is 35.1 Å². The van der Waals surface area contributed by atoms with Gasteiger partial charge in [-0.1, -0.05) is 11.6 Å². The van der Waals surface area contributed by atoms with Crippen LogP contribution in [0.5, 0.6) is 0 Å². The summed E-state index contributed by atoms with van der Waals surface area (Å²) < 4.78 is 0. The number of rotatable bonds is 7. The fraction of sp³-hybridized carbons (Fsp3) is 0.333. The molecule has 0 aliphatic carbocycles. The molecule has 5 nitrogen and oxygen atoms in total. The van der Waals surface area contributed by atoms with Crippen LogP contribution in [0.15, 0.2) is 52.5 Å². The van der Waals surface area contributed by atoms with E-state index in [1.807, 2.05) is 55.5 Å². The van der Waals surface area contributed by atoms with Crippen molar-refractivity contribution in [2.75, 3.05) is 38.3 Å². The van der Waals surface area contributed by atoms with Gasteiger partial charge in [-0.05, 0) is 42.0 Å². The normalized spacial score (nSPS) is 11.3. The number of nitrogens with zero attached hydrogens (tertiary/aromatic N) is 3. The molecule has 0 saturated heterocycles. The van der Waals surface area contributed by atoms with Crippen LogP contribution in [0.25, 0.3) is 0 Å². The van der Waals surface area contributed by atoms with E-state index < -0.39 is 0 Å². The van der Waals surface area contributed by atoms with E-state index in [0.717, 1.165) is 34.7 Å². The molecular weight excluding hydrogens is 354 g/mol. The summed E-state index contributed by atoms with van der Waals surface area (Å²) in [6, 6.07) is 12.0. The Morgan fingerprint density at radius 2 is 1.96 bits per heavy atom. The summed E-state index contributed by atoms with van der Waals surface area (Å²) in [5, 5.41) is 7.41. The minimum atomic E-state index is 0.702. The second kappa shape index (κ2) is 10.2. The molecule has 0 saturated carbocycles. The molecule has 0 radical (unpaired) electrons. The monoisotopic (exact) mass is 377 g/mol. The lowest BCUT2D eigenvalue weighted by Crippen LogP contribution is -2.38. The molecule has 0 unspecified atom stereocenters. The van der Waals surface area contributed by atoms with Gasteiger partial charge in [0.2, 0.25) is 0 Å². The molecule has 25 heavy (non-hydrogen) atoms. The van der Waals surface area contributed by atoms with Gasteiger partial charge in [-0.2, -0.15) is 0 Å². The molecule has 1 aromatic carbocycles. The topological polar surface area (TPSA) is 52.6 Å². The zero-order valence-electron chi connectivity index (χ0n) is 14.8. The van der Waals surface area contributed by atoms with Crippen molar-refractivity contribution in [2.24, 2.45) is 4.99 Å². The van der Waals surface area contributed by atoms with Gasteiger partial charge in [0.25, 0.3) is 0 Å². The number of nitrogens with one attached hydrogen (secondary N) is 2. The number of hydrogen-bond acceptors (Lipinski definition) is 4. The highest BCUT2D eigenvalue weighted by Crippen LogP contribution is 2.19. The Kier molecular flexibility index (Phi) is 7.88. The number of benzene rings is 1. The molecule has 0 spiro atoms. The molecular formula is C18H24ClN5S. The van der Waals surface area contributed by atoms with E-state index in [-0.39, 0.29) is 0 Å². The summed E-state index contributed by atoms with van der Waals surface area (Å²) >= 11 is 7.68. The van der Waals surface area contributed by atoms with Crippen LogP contribution in [-0.4, -0.2) is 44.4 Å². The van der Waals surface area contributed by atoms with E-state index in [4.69, 9.17) is 11.6 Å². The first-order valence-corrected chi connectivity index (χ1v) is 9.40. The molecule has 0 atom stereocenters. The van der Waals surface area contributed by atoms with E-state index >= 15 is 0 Å². The standard InChI is InChI=1S/C18H24ClN5S/c1-20-18(22-10-11-25-16-6-4-15(19)5-7-16)23-13-14-8-9-21-17(12-14)24(2)3/h4-9,12H,10-11,13H2,1-3H3,(H2,20,22,23). The van der Waals surface area contributed by atoms with Crippen LogP contribution >= 0.6 is 23.4 Å². The van der Waals surface area contributed by atoms with Crippen molar-refractivity contribution < 1.29 is 0 Å². The molecule has 2 rings (SSSR count). The number of aliphatic imine (C=N–C) groups is 1. The lowest BCUT2D eigenvalue weighted by Gasteiger charge is -2.14. The minimum absolute atomic E-state index is 0.702. The lowest BCUT2D eigenvalue weighted by atomic mass is 10.2. The Hall–Kier alpha value is -1.92. The average molecular weight is 378 g/mol. The molecule has 7 heteroatoms. The predicted octanol–water partition coefficient (Wildman–Crippen LogP) is 3.26. The maximum atomic E-state index is 5.89. The molecule has 1 heterocycles. The largest absolute Gasteiger partial charge is 0.363 e. The third-order valence-electron chi connectivity index (χ3n) is 3.43. The fourth-order valence-electron chi connectivity index (χ4n) is 2.09. The molecule has 2 aromatic rings. The van der Waals surface area contributed by atoms with Crippen molar-refractivity contribution in [2.45, 2.75) is 11.4 Å². The molecule has 0 bridgehead atoms. The first kappa shape index (κ1) is 19.4. The number of hydrogen-bond donors (Lipinski definition) is 2. The Labute approximate surface area is 158 Å². The van der Waals surface area contributed by atoms with Gasteiger partial charge in [0, 0.05) is 56.1 Å². The van der Waals surface area contributed by atoms with E-state index in [1.54, 1.807) is 18.8 Å². The van der Waals surface area contributed by atoms with Crippen LogP contribution in [0.2, 0.25) is 5.02 Å². The maximum Gasteiger partial charge on any atom is 0.191 e. The van der Waals surface area contributed by atoms with Gasteiger partial charge in [-0.15, -0.1) is 11.8 Å². The van der Waals surface area contributed by atoms with Crippen molar-refractivity contribution in [3.63, 3.8) is 0 Å². The Morgan fingerprint density at radius 1 is 1.20 bits per heavy atom. The third-order valence-corrected chi connectivity index (χ3v) is 4.69. The van der Waals surface area contributed by atoms with E-state index in [2.05, 4.69) is 26.7 Å². The summed E-state index contributed by atoms with van der Waals surface area (Å²) in [5.41, 5.74) is 1.16. The van der Waals surface area contributed by atoms with Crippen LogP contribution < -0.4 is 15.5 Å². The first-order valence-electron chi connectivity index (χ1n) is 8.03. The summed E-state index contributed by atoms with van der Waals surface area (Å²) in [7, 11) is 5.75. The van der Waals surface area contributed by atoms with Crippen LogP contribution in [0, 0.1) is 0 Å². The van der Waals surface area contributed by atoms with Gasteiger partial charge in [0.1, 0.15) is 5.82 Å². The van der Waals surface area contributed by atoms with Crippen molar-refractivity contribution in [1.82, 2.24) is 15.6 Å². The molecule has 2 N–H and O–H groups in total. The van der Waals surface area contributed by atoms with Crippen molar-refractivity contribution in [3.8, 4) is 0 Å². The Morgan fingerprint density at radius 3 is 2.64 bits per heavy atom. The molecule has 0 amide bonds. The van der Waals surface area contributed by atoms with E-state index in [1.165, 1.54) is 4.90 Å². The summed E-state index contributed by atoms with van der Waals surface area (Å²) in [6.07, 6.45) is 1.82. The second-order valence-electron chi connectivity index (χ2n) is 5.57. The highest BCUT2D eigenvalue weighted by molar-refractivity contribution is 7.99. The molecule has 134 valence electrons. The number of pyridine rings is 1. The number of guanidine groups is 1. The quantitative estimate of drug-likeness (QED) is 0.336. The molecule has 0 fully saturated rings. The van der Waals surface area contributed by atoms with Crippen LogP contribution in [-0.2, 0) is 6.54 Å². The molecule has 1 aromatic heterocycles. The van der Waals surface area contributed by atoms with Crippen LogP contribution in [0.1, 0.15) is 5.56 Å². The number of halogens is 1. The van der Waals surface area contributed by atoms with Gasteiger partial charge in [-0.3, -0.25) is 4.99 Å². The Bertz CT molecular complexity index is 688. The fourth-order valence-corrected chi connectivity index (χ4v) is 2.98. The second-order valence-corrected chi connectivity index (χ2v) is 7.18. The SMILES string of the molecule is CN=C(NCCSc1ccc(Cl)cc1)NCc1ccnc(N(C)C)c1. The van der Waals surface area contributed by atoms with Gasteiger partial charge >= 0.3 is 0 Å². The van der Waals surface area contributed by atoms with Gasteiger partial charge in [0.05, 0.1) is 0 Å². The average Bonchev–Trinajstić information content (AvgIpc) is 2.63. The summed E-state index contributed by atoms with van der Waals surface area (Å²) in [6.45, 7) is 1.53. The first-order chi connectivity index (χ1) is 12.1. The molecule has 0 aliphatic heterocycles. The van der Waals surface area contributed by atoms with Gasteiger partial charge in [-0.25, -0.2) is 4.98 Å². The smallest absolute Gasteiger partial charge is 0.191 e. The van der Waals surface area contributed by atoms with E-state index in [0.29, 0.717) is 6.54 Å². The zero-order chi connectivity index (χ0) is 18.1. The number of thioether (sulfide) groups is 1. The highest BCUT2D eigenvalue weighted by atomic mass is 35.5. The van der Waals surface area contributed by atoms with Gasteiger partial charge < -0.3 is 15.5 Å². The van der Waals surface area contributed by atoms with Crippen LogP contribution in [0.4, 0.5) is 5.82 Å². The maximum absolute atomic E-state index is 5.89. The molecule has 0 aliphatic rings. The van der Waals surface area contributed by atoms with Crippen molar-refractivity contribution in [3.05, 3.63) is 53.2 Å². The summed E-state index contributed by atoms with van der Waals surface area (Å²) in [5.74, 6) is 2.68. The van der Waals surface area contributed by atoms with Gasteiger partial charge in [0.15, 0.2) is 5.96 Å². The third kappa shape index (κ3) is 6.84. The minimum Gasteiger partial charge on any atom is -0.363 e.